The molecule has 2 heterocycles. The van der Waals surface area contributed by atoms with Crippen LogP contribution in [-0.4, -0.2) is 28.1 Å². The van der Waals surface area contributed by atoms with Gasteiger partial charge in [-0.1, -0.05) is 47.6 Å². The molecule has 5 heteroatoms. The molecule has 0 atom stereocenters. The molecule has 3 aromatic rings. The lowest BCUT2D eigenvalue weighted by atomic mass is 9.99. The zero-order chi connectivity index (χ0) is 18.1. The minimum atomic E-state index is 0.387. The van der Waals surface area contributed by atoms with Gasteiger partial charge in [-0.05, 0) is 36.1 Å². The Bertz CT molecular complexity index is 881. The molecule has 1 aliphatic heterocycles. The van der Waals surface area contributed by atoms with Crippen molar-refractivity contribution < 1.29 is 9.26 Å². The highest BCUT2D eigenvalue weighted by molar-refractivity contribution is 5.28. The van der Waals surface area contributed by atoms with Gasteiger partial charge < -0.3 is 9.26 Å². The van der Waals surface area contributed by atoms with Gasteiger partial charge in [0, 0.05) is 25.6 Å². The SMILES string of the molecule is c1ccc(COc2ccc(CN3CC(c4nc(C5CC5)no4)C3)cc2)cc1. The summed E-state index contributed by atoms with van der Waals surface area (Å²) >= 11 is 0. The Morgan fingerprint density at radius 1 is 0.926 bits per heavy atom. The van der Waals surface area contributed by atoms with Gasteiger partial charge in [0.05, 0.1) is 5.92 Å². The van der Waals surface area contributed by atoms with E-state index in [0.29, 0.717) is 18.4 Å². The molecule has 0 N–H and O–H groups in total. The van der Waals surface area contributed by atoms with Gasteiger partial charge in [-0.3, -0.25) is 4.90 Å². The van der Waals surface area contributed by atoms with Crippen LogP contribution in [0.25, 0.3) is 0 Å². The van der Waals surface area contributed by atoms with Gasteiger partial charge in [-0.15, -0.1) is 0 Å². The molecule has 2 aliphatic rings. The zero-order valence-electron chi connectivity index (χ0n) is 15.3. The summed E-state index contributed by atoms with van der Waals surface area (Å²) in [6.45, 7) is 3.51. The number of ether oxygens (including phenoxy) is 1. The van der Waals surface area contributed by atoms with Crippen LogP contribution in [0.1, 0.15) is 47.5 Å². The fourth-order valence-corrected chi connectivity index (χ4v) is 3.47. The molecule has 1 aliphatic carbocycles. The van der Waals surface area contributed by atoms with Crippen molar-refractivity contribution in [3.8, 4) is 5.75 Å². The van der Waals surface area contributed by atoms with Crippen LogP contribution in [0.5, 0.6) is 5.75 Å². The highest BCUT2D eigenvalue weighted by Crippen LogP contribution is 2.39. The van der Waals surface area contributed by atoms with E-state index in [2.05, 4.69) is 51.4 Å². The van der Waals surface area contributed by atoms with Crippen molar-refractivity contribution in [1.82, 2.24) is 15.0 Å². The highest BCUT2D eigenvalue weighted by Gasteiger charge is 2.35. The van der Waals surface area contributed by atoms with Gasteiger partial charge in [0.25, 0.3) is 0 Å². The fraction of sp³-hybridized carbons (Fsp3) is 0.364. The molecular weight excluding hydrogens is 338 g/mol. The fourth-order valence-electron chi connectivity index (χ4n) is 3.47. The summed E-state index contributed by atoms with van der Waals surface area (Å²) in [6, 6.07) is 18.6. The van der Waals surface area contributed by atoms with Gasteiger partial charge in [0.1, 0.15) is 12.4 Å². The zero-order valence-corrected chi connectivity index (χ0v) is 15.3. The predicted octanol–water partition coefficient (Wildman–Crippen LogP) is 4.13. The highest BCUT2D eigenvalue weighted by atomic mass is 16.5. The summed E-state index contributed by atoms with van der Waals surface area (Å²) in [5, 5.41) is 4.12. The van der Waals surface area contributed by atoms with E-state index in [9.17, 15) is 0 Å². The van der Waals surface area contributed by atoms with E-state index in [1.807, 2.05) is 18.2 Å². The van der Waals surface area contributed by atoms with Crippen molar-refractivity contribution in [2.75, 3.05) is 13.1 Å². The number of likely N-dealkylation sites (tertiary alicyclic amines) is 1. The van der Waals surface area contributed by atoms with E-state index in [0.717, 1.165) is 37.1 Å². The first-order valence-electron chi connectivity index (χ1n) is 9.65. The Labute approximate surface area is 159 Å². The van der Waals surface area contributed by atoms with E-state index in [-0.39, 0.29) is 0 Å². The third-order valence-corrected chi connectivity index (χ3v) is 5.28. The summed E-state index contributed by atoms with van der Waals surface area (Å²) in [5.41, 5.74) is 2.48. The monoisotopic (exact) mass is 361 g/mol. The predicted molar refractivity (Wildman–Crippen MR) is 102 cm³/mol. The van der Waals surface area contributed by atoms with Gasteiger partial charge in [-0.2, -0.15) is 4.98 Å². The second-order valence-corrected chi connectivity index (χ2v) is 7.57. The molecule has 5 nitrogen and oxygen atoms in total. The number of hydrogen-bond acceptors (Lipinski definition) is 5. The Balaban J connectivity index is 1.10. The van der Waals surface area contributed by atoms with Crippen LogP contribution in [0.15, 0.2) is 59.1 Å². The average molecular weight is 361 g/mol. The van der Waals surface area contributed by atoms with Crippen LogP contribution in [0, 0.1) is 0 Å². The average Bonchev–Trinajstić information content (AvgIpc) is 3.42. The molecule has 138 valence electrons. The molecule has 0 amide bonds. The number of hydrogen-bond donors (Lipinski definition) is 0. The lowest BCUT2D eigenvalue weighted by molar-refractivity contribution is 0.117. The summed E-state index contributed by atoms with van der Waals surface area (Å²) in [5.74, 6) is 3.58. The first kappa shape index (κ1) is 16.5. The summed E-state index contributed by atoms with van der Waals surface area (Å²) in [6.07, 6.45) is 2.42. The normalized spacial score (nSPS) is 17.6. The Morgan fingerprint density at radius 2 is 1.70 bits per heavy atom. The summed E-state index contributed by atoms with van der Waals surface area (Å²) in [4.78, 5) is 6.98. The minimum absolute atomic E-state index is 0.387. The Kier molecular flexibility index (Phi) is 4.38. The molecule has 2 fully saturated rings. The molecular formula is C22H23N3O2. The first-order valence-corrected chi connectivity index (χ1v) is 9.65. The van der Waals surface area contributed by atoms with Crippen LogP contribution in [0.3, 0.4) is 0 Å². The number of nitrogens with zero attached hydrogens (tertiary/aromatic N) is 3. The van der Waals surface area contributed by atoms with Crippen LogP contribution in [-0.2, 0) is 13.2 Å². The third kappa shape index (κ3) is 3.88. The quantitative estimate of drug-likeness (QED) is 0.633. The smallest absolute Gasteiger partial charge is 0.232 e. The molecule has 0 radical (unpaired) electrons. The maximum absolute atomic E-state index is 5.85. The summed E-state index contributed by atoms with van der Waals surface area (Å²) in [7, 11) is 0. The van der Waals surface area contributed by atoms with Crippen LogP contribution in [0.4, 0.5) is 0 Å². The molecule has 1 aromatic heterocycles. The topological polar surface area (TPSA) is 51.4 Å². The molecule has 27 heavy (non-hydrogen) atoms. The number of aromatic nitrogens is 2. The van der Waals surface area contributed by atoms with Crippen LogP contribution in [0.2, 0.25) is 0 Å². The minimum Gasteiger partial charge on any atom is -0.489 e. The van der Waals surface area contributed by atoms with Crippen LogP contribution < -0.4 is 4.74 Å². The molecule has 0 spiro atoms. The second-order valence-electron chi connectivity index (χ2n) is 7.57. The van der Waals surface area contributed by atoms with E-state index in [1.165, 1.54) is 24.0 Å². The maximum Gasteiger partial charge on any atom is 0.232 e. The lowest BCUT2D eigenvalue weighted by Crippen LogP contribution is -2.44. The standard InChI is InChI=1S/C22H23N3O2/c1-2-4-17(5-3-1)15-26-20-10-6-16(7-11-20)12-25-13-19(14-25)22-23-21(24-27-22)18-8-9-18/h1-7,10-11,18-19H,8-9,12-15H2. The van der Waals surface area contributed by atoms with Gasteiger partial charge in [-0.25, -0.2) is 0 Å². The van der Waals surface area contributed by atoms with Gasteiger partial charge in [0.2, 0.25) is 5.89 Å². The van der Waals surface area contributed by atoms with E-state index in [1.54, 1.807) is 0 Å². The van der Waals surface area contributed by atoms with Crippen molar-refractivity contribution in [2.45, 2.75) is 37.8 Å². The first-order chi connectivity index (χ1) is 13.3. The maximum atomic E-state index is 5.85. The van der Waals surface area contributed by atoms with Crippen molar-refractivity contribution in [1.29, 1.82) is 0 Å². The molecule has 0 bridgehead atoms. The van der Waals surface area contributed by atoms with Crippen molar-refractivity contribution in [2.24, 2.45) is 0 Å². The Morgan fingerprint density at radius 3 is 2.44 bits per heavy atom. The molecule has 5 rings (SSSR count). The number of rotatable bonds is 7. The largest absolute Gasteiger partial charge is 0.489 e. The van der Waals surface area contributed by atoms with Crippen molar-refractivity contribution in [3.63, 3.8) is 0 Å². The van der Waals surface area contributed by atoms with Gasteiger partial charge in [0.15, 0.2) is 5.82 Å². The van der Waals surface area contributed by atoms with Crippen molar-refractivity contribution >= 4 is 0 Å². The molecule has 1 saturated heterocycles. The van der Waals surface area contributed by atoms with E-state index >= 15 is 0 Å². The van der Waals surface area contributed by atoms with Gasteiger partial charge >= 0.3 is 0 Å². The van der Waals surface area contributed by atoms with Crippen molar-refractivity contribution in [3.05, 3.63) is 77.4 Å². The Hall–Kier alpha value is -2.66. The second kappa shape index (κ2) is 7.16. The van der Waals surface area contributed by atoms with E-state index in [4.69, 9.17) is 9.26 Å². The van der Waals surface area contributed by atoms with E-state index < -0.39 is 0 Å². The molecule has 1 saturated carbocycles. The lowest BCUT2D eigenvalue weighted by Gasteiger charge is -2.37. The third-order valence-electron chi connectivity index (χ3n) is 5.28. The van der Waals surface area contributed by atoms with Crippen LogP contribution >= 0.6 is 0 Å². The summed E-state index contributed by atoms with van der Waals surface area (Å²) < 4.78 is 11.3. The molecule has 0 unspecified atom stereocenters. The number of benzene rings is 2. The molecule has 2 aromatic carbocycles.